The molecule has 0 saturated carbocycles. The number of rotatable bonds is 6. The van der Waals surface area contributed by atoms with E-state index in [1.165, 1.54) is 0 Å². The number of anilines is 1. The summed E-state index contributed by atoms with van der Waals surface area (Å²) in [5, 5.41) is 0.867. The van der Waals surface area contributed by atoms with Gasteiger partial charge in [-0.2, -0.15) is 0 Å². The zero-order valence-corrected chi connectivity index (χ0v) is 17.0. The van der Waals surface area contributed by atoms with E-state index in [4.69, 9.17) is 15.2 Å². The van der Waals surface area contributed by atoms with E-state index in [-0.39, 0.29) is 12.5 Å². The molecule has 1 aliphatic heterocycles. The van der Waals surface area contributed by atoms with Crippen LogP contribution in [0.4, 0.5) is 5.82 Å². The Kier molecular flexibility index (Phi) is 5.94. The van der Waals surface area contributed by atoms with Crippen molar-refractivity contribution in [3.8, 4) is 11.5 Å². The van der Waals surface area contributed by atoms with Gasteiger partial charge in [0.1, 0.15) is 11.6 Å². The lowest BCUT2D eigenvalue weighted by atomic mass is 10.2. The lowest BCUT2D eigenvalue weighted by Crippen LogP contribution is -2.49. The van der Waals surface area contributed by atoms with Gasteiger partial charge in [-0.1, -0.05) is 24.3 Å². The van der Waals surface area contributed by atoms with E-state index in [1.807, 2.05) is 41.3 Å². The second kappa shape index (κ2) is 8.96. The van der Waals surface area contributed by atoms with Crippen LogP contribution in [0.25, 0.3) is 10.9 Å². The molecular formula is C22H25N5O3. The smallest absolute Gasteiger partial charge is 0.260 e. The molecule has 0 radical (unpaired) electrons. The molecule has 0 bridgehead atoms. The highest BCUT2D eigenvalue weighted by Gasteiger charge is 2.22. The Bertz CT molecular complexity index is 1030. The maximum absolute atomic E-state index is 12.5. The van der Waals surface area contributed by atoms with Gasteiger partial charge in [-0.15, -0.1) is 0 Å². The molecule has 0 unspecified atom stereocenters. The van der Waals surface area contributed by atoms with Crippen LogP contribution in [0.2, 0.25) is 0 Å². The van der Waals surface area contributed by atoms with Crippen LogP contribution >= 0.6 is 0 Å². The van der Waals surface area contributed by atoms with Crippen LogP contribution in [0.3, 0.4) is 0 Å². The lowest BCUT2D eigenvalue weighted by Gasteiger charge is -2.34. The van der Waals surface area contributed by atoms with Gasteiger partial charge in [-0.25, -0.2) is 9.97 Å². The highest BCUT2D eigenvalue weighted by atomic mass is 16.5. The maximum atomic E-state index is 12.5. The average Bonchev–Trinajstić information content (AvgIpc) is 2.78. The number of para-hydroxylation sites is 3. The third kappa shape index (κ3) is 4.44. The minimum Gasteiger partial charge on any atom is -0.493 e. The molecule has 1 aliphatic rings. The topological polar surface area (TPSA) is 93.8 Å². The molecule has 0 atom stereocenters. The van der Waals surface area contributed by atoms with Crippen molar-refractivity contribution in [1.82, 2.24) is 19.8 Å². The molecule has 2 heterocycles. The second-order valence-corrected chi connectivity index (χ2v) is 7.14. The van der Waals surface area contributed by atoms with Crippen LogP contribution < -0.4 is 15.2 Å². The van der Waals surface area contributed by atoms with Crippen LogP contribution in [0.15, 0.2) is 48.5 Å². The number of methoxy groups -OCH3 is 1. The summed E-state index contributed by atoms with van der Waals surface area (Å²) in [6.07, 6.45) is 0. The average molecular weight is 407 g/mol. The predicted molar refractivity (Wildman–Crippen MR) is 114 cm³/mol. The number of aromatic nitrogens is 2. The monoisotopic (exact) mass is 407 g/mol. The first-order valence-corrected chi connectivity index (χ1v) is 9.91. The van der Waals surface area contributed by atoms with Crippen LogP contribution in [-0.2, 0) is 11.3 Å². The minimum atomic E-state index is -0.0354. The molecule has 1 aromatic heterocycles. The number of nitrogens with zero attached hydrogens (tertiary/aromatic N) is 4. The highest BCUT2D eigenvalue weighted by Crippen LogP contribution is 2.25. The number of piperazine rings is 1. The number of carbonyl (C=O) groups is 1. The molecule has 1 saturated heterocycles. The molecule has 3 aromatic rings. The number of carbonyl (C=O) groups excluding carboxylic acids is 1. The number of hydrogen-bond acceptors (Lipinski definition) is 7. The fraction of sp³-hybridized carbons (Fsp3) is 0.318. The molecule has 156 valence electrons. The number of benzene rings is 2. The van der Waals surface area contributed by atoms with Crippen molar-refractivity contribution in [3.63, 3.8) is 0 Å². The third-order valence-corrected chi connectivity index (χ3v) is 5.19. The van der Waals surface area contributed by atoms with Gasteiger partial charge in [0.2, 0.25) is 0 Å². The van der Waals surface area contributed by atoms with Gasteiger partial charge in [-0.3, -0.25) is 9.69 Å². The molecule has 8 nitrogen and oxygen atoms in total. The van der Waals surface area contributed by atoms with Crippen molar-refractivity contribution in [2.75, 3.05) is 45.6 Å². The van der Waals surface area contributed by atoms with Crippen LogP contribution in [0.5, 0.6) is 11.5 Å². The lowest BCUT2D eigenvalue weighted by molar-refractivity contribution is -0.135. The van der Waals surface area contributed by atoms with Crippen LogP contribution in [0.1, 0.15) is 5.82 Å². The molecule has 2 N–H and O–H groups in total. The maximum Gasteiger partial charge on any atom is 0.260 e. The first-order valence-electron chi connectivity index (χ1n) is 9.91. The number of nitrogens with two attached hydrogens (primary N) is 1. The van der Waals surface area contributed by atoms with Crippen LogP contribution in [-0.4, -0.2) is 65.6 Å². The number of amides is 1. The molecule has 2 aromatic carbocycles. The molecule has 0 spiro atoms. The predicted octanol–water partition coefficient (Wildman–Crippen LogP) is 1.94. The number of nitrogen functional groups attached to an aromatic ring is 1. The van der Waals surface area contributed by atoms with Gasteiger partial charge in [0.05, 0.1) is 19.2 Å². The molecule has 4 rings (SSSR count). The number of hydrogen-bond donors (Lipinski definition) is 1. The van der Waals surface area contributed by atoms with E-state index >= 15 is 0 Å². The third-order valence-electron chi connectivity index (χ3n) is 5.19. The van der Waals surface area contributed by atoms with Gasteiger partial charge in [0.25, 0.3) is 5.91 Å². The minimum absolute atomic E-state index is 0.00923. The SMILES string of the molecule is COc1ccccc1OCC(=O)N1CCN(Cc2nc(N)c3ccccc3n2)CC1. The Labute approximate surface area is 175 Å². The van der Waals surface area contributed by atoms with Crippen molar-refractivity contribution in [2.24, 2.45) is 0 Å². The Morgan fingerprint density at radius 2 is 1.70 bits per heavy atom. The van der Waals surface area contributed by atoms with Gasteiger partial charge >= 0.3 is 0 Å². The molecule has 1 fully saturated rings. The summed E-state index contributed by atoms with van der Waals surface area (Å²) in [5.74, 6) is 2.35. The summed E-state index contributed by atoms with van der Waals surface area (Å²) >= 11 is 0. The number of ether oxygens (including phenoxy) is 2. The van der Waals surface area contributed by atoms with Crippen molar-refractivity contribution in [1.29, 1.82) is 0 Å². The van der Waals surface area contributed by atoms with Crippen molar-refractivity contribution >= 4 is 22.6 Å². The zero-order chi connectivity index (χ0) is 20.9. The fourth-order valence-corrected chi connectivity index (χ4v) is 3.55. The van der Waals surface area contributed by atoms with Gasteiger partial charge in [0, 0.05) is 31.6 Å². The molecule has 0 aliphatic carbocycles. The Balaban J connectivity index is 1.30. The largest absolute Gasteiger partial charge is 0.493 e. The zero-order valence-electron chi connectivity index (χ0n) is 17.0. The normalized spacial score (nSPS) is 14.6. The summed E-state index contributed by atoms with van der Waals surface area (Å²) in [6, 6.07) is 15.0. The summed E-state index contributed by atoms with van der Waals surface area (Å²) in [6.45, 7) is 3.36. The summed E-state index contributed by atoms with van der Waals surface area (Å²) in [5.41, 5.74) is 6.93. The first kappa shape index (κ1) is 19.9. The Morgan fingerprint density at radius 3 is 2.47 bits per heavy atom. The first-order chi connectivity index (χ1) is 14.6. The summed E-state index contributed by atoms with van der Waals surface area (Å²) < 4.78 is 10.9. The second-order valence-electron chi connectivity index (χ2n) is 7.14. The highest BCUT2D eigenvalue weighted by molar-refractivity contribution is 5.87. The van der Waals surface area contributed by atoms with Gasteiger partial charge in [-0.05, 0) is 24.3 Å². The van der Waals surface area contributed by atoms with Gasteiger partial charge < -0.3 is 20.1 Å². The molecule has 8 heteroatoms. The Morgan fingerprint density at radius 1 is 1.00 bits per heavy atom. The van der Waals surface area contributed by atoms with E-state index in [2.05, 4.69) is 14.9 Å². The van der Waals surface area contributed by atoms with E-state index in [1.54, 1.807) is 19.2 Å². The molecule has 1 amide bonds. The molecule has 30 heavy (non-hydrogen) atoms. The van der Waals surface area contributed by atoms with E-state index in [0.29, 0.717) is 42.8 Å². The summed E-state index contributed by atoms with van der Waals surface area (Å²) in [7, 11) is 1.58. The van der Waals surface area contributed by atoms with E-state index in [9.17, 15) is 4.79 Å². The van der Waals surface area contributed by atoms with E-state index < -0.39 is 0 Å². The Hall–Kier alpha value is -3.39. The fourth-order valence-electron chi connectivity index (χ4n) is 3.55. The van der Waals surface area contributed by atoms with Crippen molar-refractivity contribution in [3.05, 3.63) is 54.4 Å². The van der Waals surface area contributed by atoms with Crippen molar-refractivity contribution in [2.45, 2.75) is 6.54 Å². The van der Waals surface area contributed by atoms with Gasteiger partial charge in [0.15, 0.2) is 18.1 Å². The quantitative estimate of drug-likeness (QED) is 0.667. The van der Waals surface area contributed by atoms with Crippen LogP contribution in [0, 0.1) is 0 Å². The van der Waals surface area contributed by atoms with Crippen molar-refractivity contribution < 1.29 is 14.3 Å². The van der Waals surface area contributed by atoms with E-state index in [0.717, 1.165) is 24.0 Å². The standard InChI is InChI=1S/C22H25N5O3/c1-29-18-8-4-5-9-19(18)30-15-21(28)27-12-10-26(11-13-27)14-20-24-17-7-3-2-6-16(17)22(23)25-20/h2-9H,10-15H2,1H3,(H2,23,24,25). The number of fused-ring (bicyclic) bond motifs is 1. The molecular weight excluding hydrogens is 382 g/mol. The summed E-state index contributed by atoms with van der Waals surface area (Å²) in [4.78, 5) is 25.6.